The van der Waals surface area contributed by atoms with Crippen molar-refractivity contribution in [2.75, 3.05) is 31.1 Å². The number of ether oxygens (including phenoxy) is 1. The van der Waals surface area contributed by atoms with E-state index < -0.39 is 17.5 Å². The van der Waals surface area contributed by atoms with Crippen molar-refractivity contribution in [2.45, 2.75) is 81.2 Å². The van der Waals surface area contributed by atoms with E-state index in [1.165, 1.54) is 25.3 Å². The number of anilines is 1. The third-order valence-corrected chi connectivity index (χ3v) is 11.6. The number of nitrogens with one attached hydrogen (secondary N) is 1. The summed E-state index contributed by atoms with van der Waals surface area (Å²) in [6.45, 7) is 2.19. The van der Waals surface area contributed by atoms with Gasteiger partial charge in [-0.3, -0.25) is 9.88 Å². The van der Waals surface area contributed by atoms with Gasteiger partial charge in [0.2, 0.25) is 0 Å². The normalized spacial score (nSPS) is 30.7. The van der Waals surface area contributed by atoms with Gasteiger partial charge in [0, 0.05) is 66.3 Å². The summed E-state index contributed by atoms with van der Waals surface area (Å²) in [5.41, 5.74) is 0.123. The number of nitrogens with zero attached hydrogens (tertiary/aromatic N) is 5. The van der Waals surface area contributed by atoms with Gasteiger partial charge in [-0.2, -0.15) is 9.97 Å². The molecule has 2 N–H and O–H groups in total. The Labute approximate surface area is 271 Å². The summed E-state index contributed by atoms with van der Waals surface area (Å²) < 4.78 is 38.2. The van der Waals surface area contributed by atoms with Crippen LogP contribution < -0.4 is 15.0 Å². The van der Waals surface area contributed by atoms with Gasteiger partial charge in [0.05, 0.1) is 10.9 Å². The highest BCUT2D eigenvalue weighted by atomic mass is 35.5. The highest BCUT2D eigenvalue weighted by Crippen LogP contribution is 2.51. The Morgan fingerprint density at radius 2 is 1.87 bits per heavy atom. The zero-order valence-electron chi connectivity index (χ0n) is 25.6. The van der Waals surface area contributed by atoms with E-state index in [2.05, 4.69) is 25.1 Å². The number of aromatic hydroxyl groups is 1. The molecule has 9 rings (SSSR count). The summed E-state index contributed by atoms with van der Waals surface area (Å²) in [4.78, 5) is 18.7. The van der Waals surface area contributed by atoms with Crippen LogP contribution in [-0.2, 0) is 0 Å². The van der Waals surface area contributed by atoms with Crippen molar-refractivity contribution in [3.63, 3.8) is 0 Å². The zero-order chi connectivity index (χ0) is 31.2. The van der Waals surface area contributed by atoms with Gasteiger partial charge in [-0.15, -0.1) is 0 Å². The van der Waals surface area contributed by atoms with Crippen LogP contribution in [0, 0.1) is 11.7 Å². The van der Waals surface area contributed by atoms with Crippen molar-refractivity contribution in [1.29, 1.82) is 0 Å². The molecule has 46 heavy (non-hydrogen) atoms. The van der Waals surface area contributed by atoms with E-state index in [4.69, 9.17) is 21.3 Å². The van der Waals surface area contributed by atoms with Crippen LogP contribution in [0.15, 0.2) is 36.5 Å². The number of phenols is 1. The van der Waals surface area contributed by atoms with Crippen LogP contribution in [0.4, 0.5) is 14.6 Å². The van der Waals surface area contributed by atoms with Gasteiger partial charge in [-0.05, 0) is 61.6 Å². The van der Waals surface area contributed by atoms with Gasteiger partial charge < -0.3 is 20.1 Å². The Morgan fingerprint density at radius 3 is 2.72 bits per heavy atom. The Hall–Kier alpha value is -3.34. The van der Waals surface area contributed by atoms with Gasteiger partial charge in [-0.1, -0.05) is 36.6 Å². The summed E-state index contributed by atoms with van der Waals surface area (Å²) in [6.07, 6.45) is 8.95. The predicted molar refractivity (Wildman–Crippen MR) is 174 cm³/mol. The maximum Gasteiger partial charge on any atom is 0.319 e. The molecule has 2 unspecified atom stereocenters. The van der Waals surface area contributed by atoms with E-state index >= 15 is 4.39 Å². The summed E-state index contributed by atoms with van der Waals surface area (Å²) in [5.74, 6) is 0.509. The number of pyridine rings is 1. The molecule has 0 radical (unpaired) electrons. The summed E-state index contributed by atoms with van der Waals surface area (Å²) in [6, 6.07) is 9.59. The van der Waals surface area contributed by atoms with Crippen LogP contribution in [0.3, 0.4) is 0 Å². The zero-order valence-corrected chi connectivity index (χ0v) is 26.3. The Kier molecular flexibility index (Phi) is 6.81. The van der Waals surface area contributed by atoms with Crippen molar-refractivity contribution in [3.8, 4) is 23.0 Å². The third kappa shape index (κ3) is 4.62. The number of rotatable bonds is 5. The van der Waals surface area contributed by atoms with Crippen molar-refractivity contribution in [1.82, 2.24) is 25.2 Å². The quantitative estimate of drug-likeness (QED) is 0.257. The number of alkyl halides is 1. The Morgan fingerprint density at radius 1 is 1.04 bits per heavy atom. The van der Waals surface area contributed by atoms with E-state index in [9.17, 15) is 9.50 Å². The number of hydrogen-bond donors (Lipinski definition) is 2. The number of aromatic nitrogens is 3. The molecule has 2 aromatic carbocycles. The first-order valence-electron chi connectivity index (χ1n) is 16.7. The number of halogens is 3. The maximum absolute atomic E-state index is 16.8. The van der Waals surface area contributed by atoms with E-state index in [1.54, 1.807) is 24.4 Å². The largest absolute Gasteiger partial charge is 0.508 e. The fourth-order valence-corrected chi connectivity index (χ4v) is 9.73. The molecular weight excluding hydrogens is 610 g/mol. The number of fused-ring (bicyclic) bond motifs is 7. The lowest BCUT2D eigenvalue weighted by atomic mass is 9.81. The first kappa shape index (κ1) is 28.8. The molecule has 6 heterocycles. The van der Waals surface area contributed by atoms with Gasteiger partial charge >= 0.3 is 6.01 Å². The topological polar surface area (TPSA) is 86.6 Å². The number of phenolic OH excluding ortho intramolecular Hbond substituents is 1. The number of piperazine rings is 1. The van der Waals surface area contributed by atoms with Gasteiger partial charge in [0.25, 0.3) is 0 Å². The first-order chi connectivity index (χ1) is 22.3. The molecule has 2 bridgehead atoms. The lowest BCUT2D eigenvalue weighted by Crippen LogP contribution is -2.51. The van der Waals surface area contributed by atoms with Crippen molar-refractivity contribution >= 4 is 39.1 Å². The highest BCUT2D eigenvalue weighted by Gasteiger charge is 2.57. The average molecular weight is 647 g/mol. The molecule has 8 nitrogen and oxygen atoms in total. The second-order valence-corrected chi connectivity index (χ2v) is 14.6. The molecule has 11 heteroatoms. The molecule has 4 saturated heterocycles. The highest BCUT2D eigenvalue weighted by molar-refractivity contribution is 6.36. The first-order valence-corrected chi connectivity index (χ1v) is 17.1. The molecule has 0 amide bonds. The monoisotopic (exact) mass is 646 g/mol. The molecule has 1 saturated carbocycles. The second-order valence-electron chi connectivity index (χ2n) is 14.2. The molecular formula is C35H37ClF2N6O2. The van der Waals surface area contributed by atoms with Crippen LogP contribution in [0.2, 0.25) is 5.02 Å². The summed E-state index contributed by atoms with van der Waals surface area (Å²) >= 11 is 6.60. The van der Waals surface area contributed by atoms with Crippen LogP contribution in [0.25, 0.3) is 32.9 Å². The van der Waals surface area contributed by atoms with Crippen molar-refractivity contribution in [2.24, 2.45) is 5.92 Å². The molecule has 4 aromatic rings. The van der Waals surface area contributed by atoms with Crippen LogP contribution in [0.5, 0.6) is 11.8 Å². The van der Waals surface area contributed by atoms with E-state index in [-0.39, 0.29) is 29.6 Å². The van der Waals surface area contributed by atoms with Gasteiger partial charge in [-0.25, -0.2) is 8.78 Å². The molecule has 2 aromatic heterocycles. The average Bonchev–Trinajstić information content (AvgIpc) is 3.66. The molecule has 5 fully saturated rings. The molecule has 0 spiro atoms. The SMILES string of the molecule is Oc1cc(-c2ncc3c(N4CC5CCC(C4)N5)nc(OC[C@@]45C[C@@H](F)CN4[C@@H]4CCCC[C@@H]4C5)nc3c2F)c2c(Cl)cccc2c1. The smallest absolute Gasteiger partial charge is 0.319 e. The number of hydrogen-bond acceptors (Lipinski definition) is 8. The van der Waals surface area contributed by atoms with Crippen LogP contribution >= 0.6 is 11.6 Å². The van der Waals surface area contributed by atoms with Gasteiger partial charge in [0.1, 0.15) is 35.6 Å². The van der Waals surface area contributed by atoms with Crippen molar-refractivity contribution < 1.29 is 18.6 Å². The van der Waals surface area contributed by atoms with Crippen molar-refractivity contribution in [3.05, 3.63) is 47.4 Å². The standard InChI is InChI=1S/C35H37ClF2N6O2/c36-27-6-3-5-19-10-24(45)11-25(29(19)27)31-30(38)32-26(14-39-31)33(43-16-22-8-9-23(17-43)40-22)42-34(41-32)46-18-35-12-20-4-1-2-7-28(20)44(35)15-21(37)13-35/h3,5-6,10-11,14,20-23,28,40,45H,1-2,4,7-9,12-13,15-18H2/t20-,21-,22?,23?,28-,35-/m1/s1. The minimum atomic E-state index is -0.883. The van der Waals surface area contributed by atoms with Gasteiger partial charge in [0.15, 0.2) is 5.82 Å². The fourth-order valence-electron chi connectivity index (χ4n) is 9.45. The molecule has 5 aliphatic rings. The lowest BCUT2D eigenvalue weighted by Gasteiger charge is -2.36. The molecule has 240 valence electrons. The third-order valence-electron chi connectivity index (χ3n) is 11.3. The second kappa shape index (κ2) is 10.9. The van der Waals surface area contributed by atoms with E-state index in [0.29, 0.717) is 69.6 Å². The molecule has 6 atom stereocenters. The maximum atomic E-state index is 16.8. The number of benzene rings is 2. The Balaban J connectivity index is 1.15. The summed E-state index contributed by atoms with van der Waals surface area (Å²) in [5, 5.41) is 16.4. The lowest BCUT2D eigenvalue weighted by molar-refractivity contribution is 0.0775. The molecule has 1 aliphatic carbocycles. The fraction of sp³-hybridized carbons (Fsp3) is 0.514. The van der Waals surface area contributed by atoms with E-state index in [0.717, 1.165) is 38.8 Å². The predicted octanol–water partition coefficient (Wildman–Crippen LogP) is 6.41. The minimum absolute atomic E-state index is 0.0153. The Bertz CT molecular complexity index is 1850. The molecule has 4 aliphatic heterocycles. The van der Waals surface area contributed by atoms with Crippen LogP contribution in [-0.4, -0.2) is 81.0 Å². The summed E-state index contributed by atoms with van der Waals surface area (Å²) in [7, 11) is 0. The van der Waals surface area contributed by atoms with Crippen LogP contribution in [0.1, 0.15) is 51.4 Å². The van der Waals surface area contributed by atoms with E-state index in [1.807, 2.05) is 6.07 Å². The minimum Gasteiger partial charge on any atom is -0.508 e.